The van der Waals surface area contributed by atoms with E-state index in [1.807, 2.05) is 6.08 Å². The Balaban J connectivity index is 1.95. The van der Waals surface area contributed by atoms with Crippen LogP contribution in [0.4, 0.5) is 0 Å². The van der Waals surface area contributed by atoms with Gasteiger partial charge in [-0.1, -0.05) is 261 Å². The lowest BCUT2D eigenvalue weighted by Gasteiger charge is -2.40. The number of aliphatic hydroxyl groups is 5. The van der Waals surface area contributed by atoms with Crippen molar-refractivity contribution in [1.29, 1.82) is 0 Å². The summed E-state index contributed by atoms with van der Waals surface area (Å²) in [5.41, 5.74) is 0. The molecular formula is C62H113NO8. The number of nitrogens with one attached hydrogen (secondary N) is 1. The number of carbonyl (C=O) groups is 1. The van der Waals surface area contributed by atoms with Crippen LogP contribution in [0.25, 0.3) is 0 Å². The molecule has 0 saturated carbocycles. The van der Waals surface area contributed by atoms with E-state index in [0.717, 1.165) is 57.8 Å². The summed E-state index contributed by atoms with van der Waals surface area (Å²) in [6.07, 6.45) is 63.8. The lowest BCUT2D eigenvalue weighted by molar-refractivity contribution is -0.302. The highest BCUT2D eigenvalue weighted by molar-refractivity contribution is 5.76. The molecule has 1 fully saturated rings. The molecule has 9 nitrogen and oxygen atoms in total. The molecule has 1 aliphatic heterocycles. The van der Waals surface area contributed by atoms with Gasteiger partial charge in [0, 0.05) is 6.42 Å². The molecule has 71 heavy (non-hydrogen) atoms. The van der Waals surface area contributed by atoms with E-state index in [-0.39, 0.29) is 12.5 Å². The summed E-state index contributed by atoms with van der Waals surface area (Å²) >= 11 is 0. The van der Waals surface area contributed by atoms with Gasteiger partial charge in [-0.25, -0.2) is 0 Å². The number of carbonyl (C=O) groups excluding carboxylic acids is 1. The number of hydrogen-bond acceptors (Lipinski definition) is 8. The first-order valence-electron chi connectivity index (χ1n) is 30.0. The predicted molar refractivity (Wildman–Crippen MR) is 299 cm³/mol. The lowest BCUT2D eigenvalue weighted by Crippen LogP contribution is -2.60. The van der Waals surface area contributed by atoms with Crippen molar-refractivity contribution < 1.29 is 39.8 Å². The molecule has 7 unspecified atom stereocenters. The van der Waals surface area contributed by atoms with Crippen LogP contribution >= 0.6 is 0 Å². The van der Waals surface area contributed by atoms with Crippen LogP contribution in [0.1, 0.15) is 271 Å². The van der Waals surface area contributed by atoms with Gasteiger partial charge in [-0.3, -0.25) is 4.79 Å². The third-order valence-electron chi connectivity index (χ3n) is 14.0. The van der Waals surface area contributed by atoms with Crippen molar-refractivity contribution in [1.82, 2.24) is 5.32 Å². The van der Waals surface area contributed by atoms with Gasteiger partial charge in [0.2, 0.25) is 5.91 Å². The fraction of sp³-hybridized carbons (Fsp3) is 0.823. The van der Waals surface area contributed by atoms with Gasteiger partial charge in [0.15, 0.2) is 6.29 Å². The first-order chi connectivity index (χ1) is 34.8. The summed E-state index contributed by atoms with van der Waals surface area (Å²) in [7, 11) is 0. The van der Waals surface area contributed by atoms with Gasteiger partial charge < -0.3 is 40.3 Å². The first-order valence-corrected chi connectivity index (χ1v) is 30.0. The largest absolute Gasteiger partial charge is 0.394 e. The second kappa shape index (κ2) is 51.4. The molecule has 1 rings (SSSR count). The average Bonchev–Trinajstić information content (AvgIpc) is 3.37. The van der Waals surface area contributed by atoms with Crippen molar-refractivity contribution in [2.45, 2.75) is 314 Å². The van der Waals surface area contributed by atoms with E-state index in [0.29, 0.717) is 6.42 Å². The minimum absolute atomic E-state index is 0.189. The number of hydrogen-bond donors (Lipinski definition) is 6. The van der Waals surface area contributed by atoms with Crippen molar-refractivity contribution in [3.8, 4) is 0 Å². The van der Waals surface area contributed by atoms with Crippen molar-refractivity contribution in [2.24, 2.45) is 0 Å². The standard InChI is InChI=1S/C62H113NO8/c1-3-5-7-9-11-12-13-14-15-16-17-18-19-20-21-22-23-24-25-26-27-28-29-30-31-32-33-34-35-36-37-38-39-40-41-42-43-44-46-48-50-52-58(66)63-55(56(65)51-49-47-45-10-8-6-4-2)54-70-62-61(69)60(68)59(67)57(53-64)71-62/h8,10,13-14,16-17,19-20,49,51,55-57,59-62,64-65,67-69H,3-7,9,11-12,15,18,21-48,50,52-54H2,1-2H3,(H,63,66)/b10-8+,14-13-,17-16-,20-19-,51-49+. The Bertz CT molecular complexity index is 1300. The molecule has 7 atom stereocenters. The minimum atomic E-state index is -1.57. The van der Waals surface area contributed by atoms with Crippen molar-refractivity contribution in [3.05, 3.63) is 60.8 Å². The Morgan fingerprint density at radius 1 is 0.479 bits per heavy atom. The van der Waals surface area contributed by atoms with Crippen LogP contribution in [-0.2, 0) is 14.3 Å². The summed E-state index contributed by atoms with van der Waals surface area (Å²) < 4.78 is 11.2. The van der Waals surface area contributed by atoms with E-state index in [2.05, 4.69) is 67.8 Å². The van der Waals surface area contributed by atoms with E-state index in [1.54, 1.807) is 6.08 Å². The monoisotopic (exact) mass is 1000 g/mol. The van der Waals surface area contributed by atoms with Crippen LogP contribution in [0.2, 0.25) is 0 Å². The van der Waals surface area contributed by atoms with Crippen LogP contribution < -0.4 is 5.32 Å². The molecule has 1 saturated heterocycles. The van der Waals surface area contributed by atoms with Gasteiger partial charge >= 0.3 is 0 Å². The SMILES string of the molecule is CCC/C=C/CC/C=C/C(O)C(COC1OC(CO)C(O)C(O)C1O)NC(=O)CCCCCCCCCCCCCCCCCCCCCCCCCCCC/C=C\C/C=C\C/C=C\CCCCCCC. The Hall–Kier alpha value is -2.11. The molecule has 0 spiro atoms. The predicted octanol–water partition coefficient (Wildman–Crippen LogP) is 15.1. The highest BCUT2D eigenvalue weighted by Crippen LogP contribution is 2.23. The molecular weight excluding hydrogens is 887 g/mol. The maximum Gasteiger partial charge on any atom is 0.220 e. The zero-order chi connectivity index (χ0) is 51.5. The molecule has 9 heteroatoms. The Morgan fingerprint density at radius 2 is 0.873 bits per heavy atom. The van der Waals surface area contributed by atoms with E-state index in [1.165, 1.54) is 193 Å². The van der Waals surface area contributed by atoms with Gasteiger partial charge in [-0.15, -0.1) is 0 Å². The Kier molecular flexibility index (Phi) is 48.4. The van der Waals surface area contributed by atoms with Gasteiger partial charge in [-0.2, -0.15) is 0 Å². The quantitative estimate of drug-likeness (QED) is 0.0261. The molecule has 1 heterocycles. The smallest absolute Gasteiger partial charge is 0.220 e. The highest BCUT2D eigenvalue weighted by Gasteiger charge is 2.44. The van der Waals surface area contributed by atoms with Crippen LogP contribution in [0.5, 0.6) is 0 Å². The normalized spacial score (nSPS) is 19.7. The maximum atomic E-state index is 12.9. The Labute approximate surface area is 436 Å². The molecule has 1 aliphatic rings. The topological polar surface area (TPSA) is 149 Å². The van der Waals surface area contributed by atoms with Gasteiger partial charge in [0.05, 0.1) is 25.4 Å². The lowest BCUT2D eigenvalue weighted by atomic mass is 9.99. The average molecular weight is 1000 g/mol. The van der Waals surface area contributed by atoms with Crippen LogP contribution in [0.15, 0.2) is 60.8 Å². The molecule has 1 amide bonds. The summed E-state index contributed by atoms with van der Waals surface area (Å²) in [6, 6.07) is -0.818. The van der Waals surface area contributed by atoms with E-state index >= 15 is 0 Å². The van der Waals surface area contributed by atoms with Crippen LogP contribution in [0, 0.1) is 0 Å². The molecule has 414 valence electrons. The Morgan fingerprint density at radius 3 is 1.32 bits per heavy atom. The maximum absolute atomic E-state index is 12.9. The molecule has 0 bridgehead atoms. The zero-order valence-electron chi connectivity index (χ0n) is 46.0. The van der Waals surface area contributed by atoms with Gasteiger partial charge in [0.1, 0.15) is 24.4 Å². The fourth-order valence-corrected chi connectivity index (χ4v) is 9.31. The number of rotatable bonds is 51. The summed E-state index contributed by atoms with van der Waals surface area (Å²) in [4.78, 5) is 12.9. The highest BCUT2D eigenvalue weighted by atomic mass is 16.7. The number of aliphatic hydroxyl groups excluding tert-OH is 5. The van der Waals surface area contributed by atoms with Crippen molar-refractivity contribution in [2.75, 3.05) is 13.2 Å². The zero-order valence-corrected chi connectivity index (χ0v) is 46.0. The third kappa shape index (κ3) is 40.9. The second-order valence-electron chi connectivity index (χ2n) is 20.8. The molecule has 0 aliphatic carbocycles. The fourth-order valence-electron chi connectivity index (χ4n) is 9.31. The molecule has 0 aromatic rings. The van der Waals surface area contributed by atoms with Gasteiger partial charge in [0.25, 0.3) is 0 Å². The molecule has 0 aromatic carbocycles. The van der Waals surface area contributed by atoms with E-state index < -0.39 is 49.5 Å². The van der Waals surface area contributed by atoms with Crippen LogP contribution in [-0.4, -0.2) is 87.5 Å². The van der Waals surface area contributed by atoms with Crippen molar-refractivity contribution >= 4 is 5.91 Å². The second-order valence-corrected chi connectivity index (χ2v) is 20.8. The molecule has 0 radical (unpaired) electrons. The molecule has 0 aromatic heterocycles. The minimum Gasteiger partial charge on any atom is -0.394 e. The van der Waals surface area contributed by atoms with E-state index in [4.69, 9.17) is 9.47 Å². The summed E-state index contributed by atoms with van der Waals surface area (Å²) in [5.74, 6) is -0.189. The third-order valence-corrected chi connectivity index (χ3v) is 14.0. The number of ether oxygens (including phenoxy) is 2. The number of allylic oxidation sites excluding steroid dienone is 9. The number of unbranched alkanes of at least 4 members (excludes halogenated alkanes) is 33. The first kappa shape index (κ1) is 66.9. The van der Waals surface area contributed by atoms with Crippen LogP contribution in [0.3, 0.4) is 0 Å². The van der Waals surface area contributed by atoms with Crippen molar-refractivity contribution in [3.63, 3.8) is 0 Å². The molecule has 6 N–H and O–H groups in total. The van der Waals surface area contributed by atoms with E-state index in [9.17, 15) is 30.3 Å². The summed E-state index contributed by atoms with van der Waals surface area (Å²) in [5, 5.41) is 54.0. The van der Waals surface area contributed by atoms with Gasteiger partial charge in [-0.05, 0) is 64.2 Å². The number of amides is 1. The summed E-state index contributed by atoms with van der Waals surface area (Å²) in [6.45, 7) is 3.64.